The van der Waals surface area contributed by atoms with Gasteiger partial charge in [-0.05, 0) is 36.6 Å². The van der Waals surface area contributed by atoms with Crippen molar-refractivity contribution < 1.29 is 17.9 Å². The molecule has 0 spiro atoms. The lowest BCUT2D eigenvalue weighted by molar-refractivity contribution is -0.274. The zero-order valence-corrected chi connectivity index (χ0v) is 11.9. The zero-order chi connectivity index (χ0) is 15.5. The topological polar surface area (TPSA) is 27.1 Å². The van der Waals surface area contributed by atoms with Crippen molar-refractivity contribution in [2.45, 2.75) is 39.6 Å². The van der Waals surface area contributed by atoms with E-state index in [1.165, 1.54) is 12.1 Å². The van der Waals surface area contributed by atoms with E-state index in [0.717, 1.165) is 29.8 Å². The van der Waals surface area contributed by atoms with E-state index < -0.39 is 6.36 Å². The van der Waals surface area contributed by atoms with Crippen LogP contribution in [-0.2, 0) is 19.4 Å². The summed E-state index contributed by atoms with van der Waals surface area (Å²) in [6.45, 7) is 4.62. The summed E-state index contributed by atoms with van der Waals surface area (Å²) in [4.78, 5) is 0. The van der Waals surface area contributed by atoms with Gasteiger partial charge in [-0.2, -0.15) is 5.10 Å². The first-order valence-electron chi connectivity index (χ1n) is 6.81. The van der Waals surface area contributed by atoms with Crippen LogP contribution in [-0.4, -0.2) is 16.1 Å². The molecule has 0 saturated heterocycles. The highest BCUT2D eigenvalue weighted by Crippen LogP contribution is 2.23. The highest BCUT2D eigenvalue weighted by Gasteiger charge is 2.30. The summed E-state index contributed by atoms with van der Waals surface area (Å²) in [5, 5.41) is 4.48. The number of hydrogen-bond donors (Lipinski definition) is 0. The van der Waals surface area contributed by atoms with Crippen LogP contribution in [0.25, 0.3) is 0 Å². The van der Waals surface area contributed by atoms with Crippen LogP contribution in [0.4, 0.5) is 13.2 Å². The third-order valence-electron chi connectivity index (χ3n) is 3.13. The zero-order valence-electron chi connectivity index (χ0n) is 11.9. The minimum absolute atomic E-state index is 0.211. The minimum Gasteiger partial charge on any atom is -0.406 e. The summed E-state index contributed by atoms with van der Waals surface area (Å²) in [5.41, 5.74) is 3.01. The third kappa shape index (κ3) is 4.24. The summed E-state index contributed by atoms with van der Waals surface area (Å²) >= 11 is 0. The fourth-order valence-corrected chi connectivity index (χ4v) is 2.08. The van der Waals surface area contributed by atoms with Crippen molar-refractivity contribution in [1.29, 1.82) is 0 Å². The van der Waals surface area contributed by atoms with E-state index in [1.54, 1.807) is 12.1 Å². The molecule has 3 nitrogen and oxygen atoms in total. The average Bonchev–Trinajstić information content (AvgIpc) is 2.81. The van der Waals surface area contributed by atoms with Crippen molar-refractivity contribution >= 4 is 0 Å². The Morgan fingerprint density at radius 2 is 1.76 bits per heavy atom. The van der Waals surface area contributed by atoms with E-state index in [0.29, 0.717) is 6.54 Å². The van der Waals surface area contributed by atoms with E-state index >= 15 is 0 Å². The molecule has 0 amide bonds. The van der Waals surface area contributed by atoms with Gasteiger partial charge in [0.25, 0.3) is 0 Å². The van der Waals surface area contributed by atoms with Gasteiger partial charge in [0.1, 0.15) is 5.75 Å². The van der Waals surface area contributed by atoms with Crippen molar-refractivity contribution in [3.05, 3.63) is 47.3 Å². The molecular weight excluding hydrogens is 281 g/mol. The number of nitrogens with zero attached hydrogens (tertiary/aromatic N) is 2. The monoisotopic (exact) mass is 298 g/mol. The van der Waals surface area contributed by atoms with Crippen LogP contribution in [0.2, 0.25) is 0 Å². The molecule has 0 aliphatic carbocycles. The maximum absolute atomic E-state index is 12.1. The molecule has 114 valence electrons. The van der Waals surface area contributed by atoms with Crippen molar-refractivity contribution in [3.63, 3.8) is 0 Å². The van der Waals surface area contributed by atoms with Crippen molar-refractivity contribution in [2.75, 3.05) is 0 Å². The lowest BCUT2D eigenvalue weighted by atomic mass is 10.2. The van der Waals surface area contributed by atoms with Gasteiger partial charge in [0.2, 0.25) is 0 Å². The van der Waals surface area contributed by atoms with Crippen molar-refractivity contribution in [3.8, 4) is 5.75 Å². The Hall–Kier alpha value is -1.98. The second-order valence-corrected chi connectivity index (χ2v) is 4.68. The van der Waals surface area contributed by atoms with Crippen LogP contribution in [0.1, 0.15) is 30.8 Å². The summed E-state index contributed by atoms with van der Waals surface area (Å²) in [5.74, 6) is -0.211. The van der Waals surface area contributed by atoms with E-state index in [4.69, 9.17) is 0 Å². The Morgan fingerprint density at radius 3 is 2.29 bits per heavy atom. The Labute approximate surface area is 121 Å². The first kappa shape index (κ1) is 15.4. The summed E-state index contributed by atoms with van der Waals surface area (Å²) in [6.07, 6.45) is -2.93. The van der Waals surface area contributed by atoms with E-state index in [9.17, 15) is 13.2 Å². The molecule has 0 atom stereocenters. The van der Waals surface area contributed by atoms with Gasteiger partial charge in [-0.1, -0.05) is 26.0 Å². The van der Waals surface area contributed by atoms with Gasteiger partial charge in [-0.15, -0.1) is 13.2 Å². The maximum atomic E-state index is 12.1. The normalized spacial score (nSPS) is 11.7. The minimum atomic E-state index is -4.66. The molecule has 0 N–H and O–H groups in total. The highest BCUT2D eigenvalue weighted by molar-refractivity contribution is 5.28. The van der Waals surface area contributed by atoms with Crippen molar-refractivity contribution in [2.24, 2.45) is 0 Å². The molecule has 0 fully saturated rings. The molecule has 1 aromatic heterocycles. The standard InChI is InChI=1S/C15H17F3N2O/c1-3-12-9-13(4-2)20(19-12)10-11-5-7-14(8-6-11)21-15(16,17)18/h5-9H,3-4,10H2,1-2H3. The van der Waals surface area contributed by atoms with Crippen LogP contribution >= 0.6 is 0 Å². The predicted molar refractivity (Wildman–Crippen MR) is 73.2 cm³/mol. The second kappa shape index (κ2) is 6.20. The van der Waals surface area contributed by atoms with Crippen LogP contribution < -0.4 is 4.74 Å². The van der Waals surface area contributed by atoms with Crippen LogP contribution in [0.3, 0.4) is 0 Å². The van der Waals surface area contributed by atoms with Gasteiger partial charge in [0.15, 0.2) is 0 Å². The number of benzene rings is 1. The summed E-state index contributed by atoms with van der Waals surface area (Å²) in [6, 6.07) is 7.93. The lowest BCUT2D eigenvalue weighted by Gasteiger charge is -2.10. The molecule has 0 unspecified atom stereocenters. The molecule has 21 heavy (non-hydrogen) atoms. The molecule has 1 aromatic carbocycles. The molecule has 0 bridgehead atoms. The third-order valence-corrected chi connectivity index (χ3v) is 3.13. The fraction of sp³-hybridized carbons (Fsp3) is 0.400. The fourth-order valence-electron chi connectivity index (χ4n) is 2.08. The second-order valence-electron chi connectivity index (χ2n) is 4.68. The molecule has 1 heterocycles. The lowest BCUT2D eigenvalue weighted by Crippen LogP contribution is -2.17. The van der Waals surface area contributed by atoms with Gasteiger partial charge < -0.3 is 4.74 Å². The number of aryl methyl sites for hydroxylation is 2. The van der Waals surface area contributed by atoms with E-state index in [-0.39, 0.29) is 5.75 Å². The number of aromatic nitrogens is 2. The number of halogens is 3. The molecule has 2 rings (SSSR count). The molecule has 2 aromatic rings. The van der Waals surface area contributed by atoms with Crippen LogP contribution in [0.5, 0.6) is 5.75 Å². The largest absolute Gasteiger partial charge is 0.573 e. The summed E-state index contributed by atoms with van der Waals surface area (Å²) in [7, 11) is 0. The van der Waals surface area contributed by atoms with Gasteiger partial charge in [-0.25, -0.2) is 0 Å². The predicted octanol–water partition coefficient (Wildman–Crippen LogP) is 3.95. The molecular formula is C15H17F3N2O. The van der Waals surface area contributed by atoms with E-state index in [2.05, 4.69) is 15.9 Å². The first-order valence-corrected chi connectivity index (χ1v) is 6.81. The number of rotatable bonds is 5. The maximum Gasteiger partial charge on any atom is 0.573 e. The van der Waals surface area contributed by atoms with Gasteiger partial charge in [0, 0.05) is 5.69 Å². The number of alkyl halides is 3. The van der Waals surface area contributed by atoms with Crippen LogP contribution in [0, 0.1) is 0 Å². The SMILES string of the molecule is CCc1cc(CC)n(Cc2ccc(OC(F)(F)F)cc2)n1. The van der Waals surface area contributed by atoms with E-state index in [1.807, 2.05) is 18.5 Å². The molecule has 6 heteroatoms. The Kier molecular flexibility index (Phi) is 4.55. The molecule has 0 aliphatic heterocycles. The highest BCUT2D eigenvalue weighted by atomic mass is 19.4. The molecule has 0 aliphatic rings. The van der Waals surface area contributed by atoms with Crippen LogP contribution in [0.15, 0.2) is 30.3 Å². The van der Waals surface area contributed by atoms with Gasteiger partial charge in [0.05, 0.1) is 12.2 Å². The Balaban J connectivity index is 2.11. The number of ether oxygens (including phenoxy) is 1. The number of hydrogen-bond acceptors (Lipinski definition) is 2. The smallest absolute Gasteiger partial charge is 0.406 e. The van der Waals surface area contributed by atoms with Gasteiger partial charge >= 0.3 is 6.36 Å². The Morgan fingerprint density at radius 1 is 1.10 bits per heavy atom. The Bertz CT molecular complexity index is 588. The molecule has 0 saturated carbocycles. The summed E-state index contributed by atoms with van der Waals surface area (Å²) < 4.78 is 42.0. The van der Waals surface area contributed by atoms with Crippen molar-refractivity contribution in [1.82, 2.24) is 9.78 Å². The molecule has 0 radical (unpaired) electrons. The first-order chi connectivity index (χ1) is 9.91. The quantitative estimate of drug-likeness (QED) is 0.835. The average molecular weight is 298 g/mol. The van der Waals surface area contributed by atoms with Gasteiger partial charge in [-0.3, -0.25) is 4.68 Å².